The van der Waals surface area contributed by atoms with E-state index in [1.54, 1.807) is 0 Å². The molecule has 3 aromatic rings. The highest BCUT2D eigenvalue weighted by molar-refractivity contribution is 5.93. The Labute approximate surface area is 125 Å². The molecule has 0 aliphatic carbocycles. The Morgan fingerprint density at radius 1 is 1.18 bits per heavy atom. The Kier molecular flexibility index (Phi) is 3.34. The lowest BCUT2D eigenvalue weighted by atomic mass is 10.1. The number of carboxylic acid groups (broad SMARTS) is 1. The van der Waals surface area contributed by atoms with E-state index in [-0.39, 0.29) is 22.7 Å². The van der Waals surface area contributed by atoms with Gasteiger partial charge in [0.05, 0.1) is 5.56 Å². The van der Waals surface area contributed by atoms with Crippen LogP contribution in [0.1, 0.15) is 15.9 Å². The number of benzene rings is 2. The highest BCUT2D eigenvalue weighted by Crippen LogP contribution is 2.31. The summed E-state index contributed by atoms with van der Waals surface area (Å²) in [6.07, 6.45) is 0. The number of aryl methyl sites for hydroxylation is 1. The van der Waals surface area contributed by atoms with Crippen molar-refractivity contribution < 1.29 is 19.5 Å². The van der Waals surface area contributed by atoms with Gasteiger partial charge in [0.15, 0.2) is 0 Å². The van der Waals surface area contributed by atoms with Crippen LogP contribution in [0.3, 0.4) is 0 Å². The molecule has 1 heterocycles. The van der Waals surface area contributed by atoms with Crippen LogP contribution in [0.4, 0.5) is 0 Å². The van der Waals surface area contributed by atoms with Crippen molar-refractivity contribution in [2.24, 2.45) is 0 Å². The van der Waals surface area contributed by atoms with Gasteiger partial charge in [0, 0.05) is 5.56 Å². The SMILES string of the molecule is Cc1cccc(-c2nc(-c3cccc(C(=O)O)c3O)no2)c1. The van der Waals surface area contributed by atoms with E-state index in [2.05, 4.69) is 10.1 Å². The second-order valence-electron chi connectivity index (χ2n) is 4.80. The number of phenols is 1. The number of hydrogen-bond acceptors (Lipinski definition) is 5. The predicted octanol–water partition coefficient (Wildman–Crippen LogP) is 3.12. The molecule has 0 radical (unpaired) electrons. The van der Waals surface area contributed by atoms with Gasteiger partial charge in [-0.3, -0.25) is 0 Å². The van der Waals surface area contributed by atoms with E-state index < -0.39 is 5.97 Å². The lowest BCUT2D eigenvalue weighted by molar-refractivity contribution is 0.0694. The normalized spacial score (nSPS) is 10.6. The molecule has 0 aliphatic heterocycles. The first-order valence-corrected chi connectivity index (χ1v) is 6.52. The number of aromatic nitrogens is 2. The van der Waals surface area contributed by atoms with Crippen molar-refractivity contribution >= 4 is 5.97 Å². The van der Waals surface area contributed by atoms with Crippen LogP contribution in [0.25, 0.3) is 22.8 Å². The van der Waals surface area contributed by atoms with Crippen LogP contribution in [0.15, 0.2) is 47.0 Å². The Balaban J connectivity index is 2.05. The first-order chi connectivity index (χ1) is 10.6. The average molecular weight is 296 g/mol. The molecule has 0 atom stereocenters. The largest absolute Gasteiger partial charge is 0.506 e. The molecule has 0 fully saturated rings. The second kappa shape index (κ2) is 5.33. The number of carbonyl (C=O) groups is 1. The molecule has 0 aliphatic rings. The number of rotatable bonds is 3. The third kappa shape index (κ3) is 2.42. The molecule has 2 N–H and O–H groups in total. The lowest BCUT2D eigenvalue weighted by Crippen LogP contribution is -1.97. The first-order valence-electron chi connectivity index (χ1n) is 6.52. The predicted molar refractivity (Wildman–Crippen MR) is 78.5 cm³/mol. The molecule has 22 heavy (non-hydrogen) atoms. The van der Waals surface area contributed by atoms with E-state index in [1.165, 1.54) is 18.2 Å². The molecule has 0 bridgehead atoms. The zero-order chi connectivity index (χ0) is 15.7. The smallest absolute Gasteiger partial charge is 0.339 e. The van der Waals surface area contributed by atoms with E-state index in [0.717, 1.165) is 11.1 Å². The van der Waals surface area contributed by atoms with Crippen LogP contribution >= 0.6 is 0 Å². The highest BCUT2D eigenvalue weighted by atomic mass is 16.5. The van der Waals surface area contributed by atoms with Gasteiger partial charge in [-0.05, 0) is 31.2 Å². The quantitative estimate of drug-likeness (QED) is 0.770. The minimum Gasteiger partial charge on any atom is -0.506 e. The number of carboxylic acids is 1. The van der Waals surface area contributed by atoms with Crippen molar-refractivity contribution in [1.82, 2.24) is 10.1 Å². The van der Waals surface area contributed by atoms with Gasteiger partial charge >= 0.3 is 5.97 Å². The molecule has 0 unspecified atom stereocenters. The standard InChI is InChI=1S/C16H12N2O4/c1-9-4-2-5-10(8-9)15-17-14(18-22-15)11-6-3-7-12(13(11)19)16(20)21/h2-8,19H,1H3,(H,20,21). The van der Waals surface area contributed by atoms with Crippen LogP contribution in [0, 0.1) is 6.92 Å². The van der Waals surface area contributed by atoms with Crippen molar-refractivity contribution in [2.45, 2.75) is 6.92 Å². The van der Waals surface area contributed by atoms with Crippen LogP contribution in [-0.2, 0) is 0 Å². The van der Waals surface area contributed by atoms with Gasteiger partial charge in [0.25, 0.3) is 5.89 Å². The summed E-state index contributed by atoms with van der Waals surface area (Å²) >= 11 is 0. The number of hydrogen-bond donors (Lipinski definition) is 2. The van der Waals surface area contributed by atoms with Crippen molar-refractivity contribution in [2.75, 3.05) is 0 Å². The van der Waals surface area contributed by atoms with E-state index in [4.69, 9.17) is 9.63 Å². The maximum absolute atomic E-state index is 11.0. The maximum Gasteiger partial charge on any atom is 0.339 e. The number of aromatic hydroxyl groups is 1. The maximum atomic E-state index is 11.0. The first kappa shape index (κ1) is 13.8. The Bertz CT molecular complexity index is 855. The topological polar surface area (TPSA) is 96.5 Å². The third-order valence-electron chi connectivity index (χ3n) is 3.20. The van der Waals surface area contributed by atoms with Gasteiger partial charge in [-0.1, -0.05) is 28.9 Å². The Morgan fingerprint density at radius 2 is 1.95 bits per heavy atom. The van der Waals surface area contributed by atoms with Gasteiger partial charge in [0.1, 0.15) is 11.3 Å². The molecule has 0 spiro atoms. The summed E-state index contributed by atoms with van der Waals surface area (Å²) in [5.74, 6) is -1.16. The summed E-state index contributed by atoms with van der Waals surface area (Å²) in [6.45, 7) is 1.95. The monoisotopic (exact) mass is 296 g/mol. The van der Waals surface area contributed by atoms with Crippen molar-refractivity contribution in [3.05, 3.63) is 53.6 Å². The van der Waals surface area contributed by atoms with E-state index >= 15 is 0 Å². The van der Waals surface area contributed by atoms with Crippen molar-refractivity contribution in [3.63, 3.8) is 0 Å². The molecule has 110 valence electrons. The van der Waals surface area contributed by atoms with E-state index in [9.17, 15) is 9.90 Å². The minimum absolute atomic E-state index is 0.136. The van der Waals surface area contributed by atoms with Crippen molar-refractivity contribution in [3.8, 4) is 28.6 Å². The van der Waals surface area contributed by atoms with Gasteiger partial charge < -0.3 is 14.7 Å². The lowest BCUT2D eigenvalue weighted by Gasteiger charge is -2.02. The van der Waals surface area contributed by atoms with E-state index in [0.29, 0.717) is 5.89 Å². The number of para-hydroxylation sites is 1. The zero-order valence-electron chi connectivity index (χ0n) is 11.6. The Hall–Kier alpha value is -3.15. The summed E-state index contributed by atoms with van der Waals surface area (Å²) in [5, 5.41) is 22.9. The van der Waals surface area contributed by atoms with Gasteiger partial charge in [0.2, 0.25) is 5.82 Å². The summed E-state index contributed by atoms with van der Waals surface area (Å²) in [4.78, 5) is 15.3. The fraction of sp³-hybridized carbons (Fsp3) is 0.0625. The van der Waals surface area contributed by atoms with Crippen LogP contribution in [0.2, 0.25) is 0 Å². The molecule has 0 amide bonds. The summed E-state index contributed by atoms with van der Waals surface area (Å²) in [5.41, 5.74) is 1.81. The fourth-order valence-electron chi connectivity index (χ4n) is 2.12. The second-order valence-corrected chi connectivity index (χ2v) is 4.80. The fourth-order valence-corrected chi connectivity index (χ4v) is 2.12. The van der Waals surface area contributed by atoms with Crippen molar-refractivity contribution in [1.29, 1.82) is 0 Å². The molecule has 0 saturated heterocycles. The number of nitrogens with zero attached hydrogens (tertiary/aromatic N) is 2. The highest BCUT2D eigenvalue weighted by Gasteiger charge is 2.18. The molecule has 6 heteroatoms. The van der Waals surface area contributed by atoms with Crippen LogP contribution in [0.5, 0.6) is 5.75 Å². The number of aromatic carboxylic acids is 1. The van der Waals surface area contributed by atoms with Gasteiger partial charge in [-0.25, -0.2) is 4.79 Å². The van der Waals surface area contributed by atoms with Gasteiger partial charge in [-0.15, -0.1) is 0 Å². The summed E-state index contributed by atoms with van der Waals surface area (Å²) in [7, 11) is 0. The molecular formula is C16H12N2O4. The zero-order valence-corrected chi connectivity index (χ0v) is 11.6. The third-order valence-corrected chi connectivity index (χ3v) is 3.20. The molecule has 3 rings (SSSR count). The molecular weight excluding hydrogens is 284 g/mol. The van der Waals surface area contributed by atoms with Crippen LogP contribution in [-0.4, -0.2) is 26.3 Å². The molecule has 6 nitrogen and oxygen atoms in total. The van der Waals surface area contributed by atoms with Gasteiger partial charge in [-0.2, -0.15) is 4.98 Å². The molecule has 2 aromatic carbocycles. The van der Waals surface area contributed by atoms with E-state index in [1.807, 2.05) is 31.2 Å². The molecule has 0 saturated carbocycles. The van der Waals surface area contributed by atoms with Crippen LogP contribution < -0.4 is 0 Å². The molecule has 1 aromatic heterocycles. The summed E-state index contributed by atoms with van der Waals surface area (Å²) in [6, 6.07) is 11.9. The Morgan fingerprint density at radius 3 is 2.68 bits per heavy atom. The minimum atomic E-state index is -1.22. The average Bonchev–Trinajstić information content (AvgIpc) is 2.97. The summed E-state index contributed by atoms with van der Waals surface area (Å²) < 4.78 is 5.20.